The fourth-order valence-electron chi connectivity index (χ4n) is 4.40. The molecule has 1 aliphatic carbocycles. The number of nitrogens with one attached hydrogen (secondary N) is 2. The van der Waals surface area contributed by atoms with E-state index in [1.54, 1.807) is 10.4 Å². The van der Waals surface area contributed by atoms with Crippen molar-refractivity contribution >= 4 is 27.1 Å². The Hall–Kier alpha value is -2.35. The van der Waals surface area contributed by atoms with Crippen molar-refractivity contribution < 1.29 is 17.2 Å². The quantitative estimate of drug-likeness (QED) is 0.620. The van der Waals surface area contributed by atoms with Gasteiger partial charge >= 0.3 is 6.55 Å². The van der Waals surface area contributed by atoms with Gasteiger partial charge < -0.3 is 9.88 Å². The molecule has 168 valence electrons. The van der Waals surface area contributed by atoms with Crippen LogP contribution in [0.1, 0.15) is 12.8 Å². The minimum atomic E-state index is -3.75. The van der Waals surface area contributed by atoms with E-state index >= 15 is 0 Å². The van der Waals surface area contributed by atoms with Gasteiger partial charge in [0.2, 0.25) is 0 Å². The van der Waals surface area contributed by atoms with E-state index in [4.69, 9.17) is 0 Å². The molecule has 2 N–H and O–H groups in total. The highest BCUT2D eigenvalue weighted by molar-refractivity contribution is 7.86. The number of hydrogen-bond donors (Lipinski definition) is 2. The highest BCUT2D eigenvalue weighted by atomic mass is 32.2. The van der Waals surface area contributed by atoms with Crippen molar-refractivity contribution in [2.75, 3.05) is 38.1 Å². The number of piperazine rings is 1. The van der Waals surface area contributed by atoms with E-state index in [0.29, 0.717) is 24.6 Å². The zero-order valence-electron chi connectivity index (χ0n) is 16.9. The smallest absolute Gasteiger partial charge is 0.327 e. The van der Waals surface area contributed by atoms with Crippen LogP contribution in [0.2, 0.25) is 0 Å². The molecule has 2 aliphatic heterocycles. The van der Waals surface area contributed by atoms with Crippen LogP contribution in [-0.2, 0) is 10.2 Å². The van der Waals surface area contributed by atoms with Gasteiger partial charge in [-0.3, -0.25) is 5.01 Å². The van der Waals surface area contributed by atoms with Crippen molar-refractivity contribution in [1.29, 1.82) is 0 Å². The Kier molecular flexibility index (Phi) is 4.88. The first-order chi connectivity index (χ1) is 14.8. The number of H-pyrrole nitrogens is 1. The van der Waals surface area contributed by atoms with Crippen molar-refractivity contribution in [2.45, 2.75) is 31.0 Å². The van der Waals surface area contributed by atoms with E-state index in [9.17, 15) is 17.2 Å². The molecule has 1 saturated heterocycles. The summed E-state index contributed by atoms with van der Waals surface area (Å²) in [4.78, 5) is 13.9. The second-order valence-electron chi connectivity index (χ2n) is 8.21. The maximum atomic E-state index is 13.3. The molecule has 10 nitrogen and oxygen atoms in total. The van der Waals surface area contributed by atoms with E-state index in [1.807, 2.05) is 12.3 Å². The summed E-state index contributed by atoms with van der Waals surface area (Å²) in [5.74, 6) is 0.801. The highest BCUT2D eigenvalue weighted by Crippen LogP contribution is 2.47. The molecule has 1 unspecified atom stereocenters. The summed E-state index contributed by atoms with van der Waals surface area (Å²) in [6.07, 6.45) is 7.65. The number of alkyl halides is 2. The third kappa shape index (κ3) is 3.54. The molecule has 1 spiro atoms. The average molecular weight is 455 g/mol. The fraction of sp³-hybridized carbons (Fsp3) is 0.556. The molecule has 0 radical (unpaired) electrons. The van der Waals surface area contributed by atoms with Crippen LogP contribution in [0.15, 0.2) is 30.9 Å². The molecule has 1 atom stereocenters. The first-order valence-electron chi connectivity index (χ1n) is 10.1. The van der Waals surface area contributed by atoms with E-state index in [-0.39, 0.29) is 6.54 Å². The number of rotatable bonds is 6. The molecule has 3 aliphatic rings. The lowest BCUT2D eigenvalue weighted by molar-refractivity contribution is -0.0235. The van der Waals surface area contributed by atoms with Crippen molar-refractivity contribution in [3.8, 4) is 0 Å². The number of fused-ring (bicyclic) bond motifs is 1. The number of halogens is 2. The second-order valence-corrected chi connectivity index (χ2v) is 10.2. The maximum Gasteiger partial charge on any atom is 0.327 e. The summed E-state index contributed by atoms with van der Waals surface area (Å²) < 4.78 is 55.1. The van der Waals surface area contributed by atoms with E-state index in [0.717, 1.165) is 29.7 Å². The van der Waals surface area contributed by atoms with Crippen LogP contribution >= 0.6 is 0 Å². The zero-order valence-corrected chi connectivity index (χ0v) is 17.8. The normalized spacial score (nSPS) is 23.7. The Morgan fingerprint density at radius 1 is 1.32 bits per heavy atom. The number of anilines is 1. The van der Waals surface area contributed by atoms with Gasteiger partial charge in [-0.1, -0.05) is 0 Å². The fourth-order valence-corrected chi connectivity index (χ4v) is 6.13. The highest BCUT2D eigenvalue weighted by Gasteiger charge is 2.56. The number of aromatic amines is 1. The Morgan fingerprint density at radius 2 is 2.13 bits per heavy atom. The lowest BCUT2D eigenvalue weighted by Gasteiger charge is -2.43. The van der Waals surface area contributed by atoms with Crippen LogP contribution < -0.4 is 10.3 Å². The topological polar surface area (TPSA) is 101 Å². The predicted molar refractivity (Wildman–Crippen MR) is 110 cm³/mol. The molecule has 5 rings (SSSR count). The molecule has 13 heteroatoms. The molecule has 0 bridgehead atoms. The Labute approximate surface area is 178 Å². The van der Waals surface area contributed by atoms with E-state index in [1.165, 1.54) is 23.9 Å². The number of hydrazine groups is 1. The van der Waals surface area contributed by atoms with Crippen LogP contribution in [0.3, 0.4) is 0 Å². The molecule has 2 aromatic heterocycles. The first kappa shape index (κ1) is 20.5. The van der Waals surface area contributed by atoms with Gasteiger partial charge in [0.25, 0.3) is 10.2 Å². The average Bonchev–Trinajstić information content (AvgIpc) is 3.15. The standard InChI is InChI=1S/C18H24F2N8O2S/c1-25(10-13-3-7-27(24-13)17(19)20)31(29,30)28-9-8-26(11-18(28)4-5-18)16-14-2-6-21-15(14)22-12-23-16/h2-3,6-7,12-13,17,24H,4-5,8-11H2,1H3,(H,21,22,23). The van der Waals surface area contributed by atoms with Gasteiger partial charge in [-0.25, -0.2) is 15.4 Å². The predicted octanol–water partition coefficient (Wildman–Crippen LogP) is 0.714. The minimum Gasteiger partial charge on any atom is -0.353 e. The zero-order chi connectivity index (χ0) is 21.8. The lowest BCUT2D eigenvalue weighted by atomic mass is 10.2. The monoisotopic (exact) mass is 454 g/mol. The van der Waals surface area contributed by atoms with Crippen molar-refractivity contribution in [3.05, 3.63) is 30.9 Å². The van der Waals surface area contributed by atoms with Crippen molar-refractivity contribution in [3.63, 3.8) is 0 Å². The second kappa shape index (κ2) is 7.36. The Morgan fingerprint density at radius 3 is 2.84 bits per heavy atom. The van der Waals surface area contributed by atoms with E-state index < -0.39 is 28.3 Å². The van der Waals surface area contributed by atoms with Gasteiger partial charge in [-0.05, 0) is 25.0 Å². The molecule has 2 aromatic rings. The molecule has 4 heterocycles. The van der Waals surface area contributed by atoms with Gasteiger partial charge in [-0.15, -0.1) is 0 Å². The number of aromatic nitrogens is 3. The Balaban J connectivity index is 1.30. The lowest BCUT2D eigenvalue weighted by Crippen LogP contribution is -2.60. The molecular formula is C18H24F2N8O2S. The summed E-state index contributed by atoms with van der Waals surface area (Å²) in [7, 11) is -2.26. The third-order valence-electron chi connectivity index (χ3n) is 6.18. The van der Waals surface area contributed by atoms with Crippen LogP contribution in [-0.4, -0.2) is 88.3 Å². The van der Waals surface area contributed by atoms with Gasteiger partial charge in [0.05, 0.1) is 17.0 Å². The van der Waals surface area contributed by atoms with Crippen LogP contribution in [0.25, 0.3) is 11.0 Å². The summed E-state index contributed by atoms with van der Waals surface area (Å²) in [5.41, 5.74) is 2.88. The van der Waals surface area contributed by atoms with Gasteiger partial charge in [-0.2, -0.15) is 25.8 Å². The molecule has 0 amide bonds. The SMILES string of the molecule is CN(CC1C=CN(C(F)F)N1)S(=O)(=O)N1CCN(c2ncnc3[nH]ccc23)CC12CC2. The number of nitrogens with zero attached hydrogens (tertiary/aromatic N) is 6. The van der Waals surface area contributed by atoms with Crippen LogP contribution in [0, 0.1) is 0 Å². The molecular weight excluding hydrogens is 430 g/mol. The van der Waals surface area contributed by atoms with Gasteiger partial charge in [0.15, 0.2) is 0 Å². The number of hydrogen-bond acceptors (Lipinski definition) is 7. The van der Waals surface area contributed by atoms with Gasteiger partial charge in [0, 0.05) is 45.6 Å². The summed E-state index contributed by atoms with van der Waals surface area (Å²) in [6.45, 7) is -1.22. The summed E-state index contributed by atoms with van der Waals surface area (Å²) in [5, 5.41) is 1.59. The van der Waals surface area contributed by atoms with Gasteiger partial charge in [0.1, 0.15) is 17.8 Å². The summed E-state index contributed by atoms with van der Waals surface area (Å²) in [6, 6.07) is 1.42. The largest absolute Gasteiger partial charge is 0.353 e. The molecule has 0 aromatic carbocycles. The van der Waals surface area contributed by atoms with E-state index in [2.05, 4.69) is 25.3 Å². The third-order valence-corrected chi connectivity index (χ3v) is 8.24. The molecule has 2 fully saturated rings. The minimum absolute atomic E-state index is 0.0637. The van der Waals surface area contributed by atoms with Crippen LogP contribution in [0.4, 0.5) is 14.6 Å². The molecule has 31 heavy (non-hydrogen) atoms. The maximum absolute atomic E-state index is 13.3. The number of likely N-dealkylation sites (N-methyl/N-ethyl adjacent to an activating group) is 1. The van der Waals surface area contributed by atoms with Crippen LogP contribution in [0.5, 0.6) is 0 Å². The molecule has 1 saturated carbocycles. The van der Waals surface area contributed by atoms with Crippen molar-refractivity contribution in [1.82, 2.24) is 34.0 Å². The first-order valence-corrected chi connectivity index (χ1v) is 11.5. The Bertz CT molecular complexity index is 1100. The van der Waals surface area contributed by atoms with Crippen molar-refractivity contribution in [2.24, 2.45) is 0 Å². The summed E-state index contributed by atoms with van der Waals surface area (Å²) >= 11 is 0.